The summed E-state index contributed by atoms with van der Waals surface area (Å²) >= 11 is 3.30. The number of non-ortho nitro benzene ring substituents is 1. The summed E-state index contributed by atoms with van der Waals surface area (Å²) in [5.74, 6) is -0.325. The number of hydrazone groups is 1. The Morgan fingerprint density at radius 3 is 2.18 bits per heavy atom. The maximum absolute atomic E-state index is 11.9. The van der Waals surface area contributed by atoms with E-state index in [0.29, 0.717) is 16.8 Å². The van der Waals surface area contributed by atoms with Crippen LogP contribution in [0, 0.1) is 10.1 Å². The molecule has 0 saturated carbocycles. The minimum absolute atomic E-state index is 0.00967. The van der Waals surface area contributed by atoms with Crippen LogP contribution in [0.15, 0.2) is 58.1 Å². The van der Waals surface area contributed by atoms with Crippen molar-refractivity contribution in [3.63, 3.8) is 0 Å². The fourth-order valence-electron chi connectivity index (χ4n) is 1.69. The Kier molecular flexibility index (Phi) is 5.00. The van der Waals surface area contributed by atoms with Gasteiger partial charge in [0.15, 0.2) is 0 Å². The molecule has 7 heteroatoms. The lowest BCUT2D eigenvalue weighted by molar-refractivity contribution is -0.384. The van der Waals surface area contributed by atoms with Gasteiger partial charge in [0.1, 0.15) is 0 Å². The van der Waals surface area contributed by atoms with Crippen LogP contribution in [0.1, 0.15) is 22.8 Å². The molecule has 0 aliphatic heterocycles. The van der Waals surface area contributed by atoms with Crippen LogP contribution in [0.2, 0.25) is 0 Å². The van der Waals surface area contributed by atoms with Gasteiger partial charge >= 0.3 is 0 Å². The number of amides is 1. The van der Waals surface area contributed by atoms with Crippen LogP contribution in [0.4, 0.5) is 5.69 Å². The van der Waals surface area contributed by atoms with E-state index >= 15 is 0 Å². The number of carbonyl (C=O) groups excluding carboxylic acids is 1. The number of carbonyl (C=O) groups is 1. The van der Waals surface area contributed by atoms with Gasteiger partial charge in [-0.25, -0.2) is 5.43 Å². The van der Waals surface area contributed by atoms with Crippen LogP contribution in [0.25, 0.3) is 0 Å². The average molecular weight is 362 g/mol. The quantitative estimate of drug-likeness (QED) is 0.513. The summed E-state index contributed by atoms with van der Waals surface area (Å²) < 4.78 is 0.884. The van der Waals surface area contributed by atoms with Crippen LogP contribution in [-0.2, 0) is 0 Å². The zero-order valence-electron chi connectivity index (χ0n) is 11.6. The number of hydrogen-bond donors (Lipinski definition) is 1. The lowest BCUT2D eigenvalue weighted by Gasteiger charge is -2.03. The Bertz CT molecular complexity index is 725. The second-order valence-electron chi connectivity index (χ2n) is 4.45. The predicted octanol–water partition coefficient (Wildman–Crippen LogP) is 3.51. The van der Waals surface area contributed by atoms with Gasteiger partial charge in [-0.2, -0.15) is 5.10 Å². The highest BCUT2D eigenvalue weighted by molar-refractivity contribution is 9.10. The van der Waals surface area contributed by atoms with Gasteiger partial charge in [0.05, 0.1) is 10.6 Å². The summed E-state index contributed by atoms with van der Waals surface area (Å²) in [4.78, 5) is 22.0. The van der Waals surface area contributed by atoms with E-state index < -0.39 is 4.92 Å². The molecule has 0 atom stereocenters. The van der Waals surface area contributed by atoms with Crippen LogP contribution in [-0.4, -0.2) is 16.5 Å². The molecule has 2 aromatic carbocycles. The van der Waals surface area contributed by atoms with Crippen molar-refractivity contribution in [1.82, 2.24) is 5.43 Å². The Morgan fingerprint density at radius 2 is 1.64 bits per heavy atom. The molecule has 2 aromatic rings. The summed E-state index contributed by atoms with van der Waals surface area (Å²) in [7, 11) is 0. The van der Waals surface area contributed by atoms with Gasteiger partial charge < -0.3 is 0 Å². The van der Waals surface area contributed by atoms with Crippen molar-refractivity contribution in [2.75, 3.05) is 0 Å². The van der Waals surface area contributed by atoms with Crippen molar-refractivity contribution in [2.24, 2.45) is 5.10 Å². The average Bonchev–Trinajstić information content (AvgIpc) is 2.53. The van der Waals surface area contributed by atoms with E-state index in [-0.39, 0.29) is 11.6 Å². The van der Waals surface area contributed by atoms with Crippen molar-refractivity contribution in [3.8, 4) is 0 Å². The summed E-state index contributed by atoms with van der Waals surface area (Å²) in [5.41, 5.74) is 4.20. The zero-order chi connectivity index (χ0) is 16.1. The number of nitrogens with one attached hydrogen (secondary N) is 1. The molecule has 0 fully saturated rings. The third-order valence-electron chi connectivity index (χ3n) is 2.93. The topological polar surface area (TPSA) is 84.6 Å². The highest BCUT2D eigenvalue weighted by Gasteiger charge is 2.07. The van der Waals surface area contributed by atoms with Gasteiger partial charge in [-0.1, -0.05) is 15.9 Å². The third-order valence-corrected chi connectivity index (χ3v) is 3.46. The van der Waals surface area contributed by atoms with E-state index in [1.807, 2.05) is 0 Å². The summed E-state index contributed by atoms with van der Waals surface area (Å²) in [5, 5.41) is 14.6. The smallest absolute Gasteiger partial charge is 0.267 e. The molecule has 0 saturated heterocycles. The predicted molar refractivity (Wildman–Crippen MR) is 86.9 cm³/mol. The number of hydrogen-bond acceptors (Lipinski definition) is 4. The zero-order valence-corrected chi connectivity index (χ0v) is 13.2. The normalized spacial score (nSPS) is 11.1. The summed E-state index contributed by atoms with van der Waals surface area (Å²) in [6.07, 6.45) is 0. The fourth-order valence-corrected chi connectivity index (χ4v) is 1.95. The number of rotatable bonds is 4. The number of nitro groups is 1. The molecule has 0 spiro atoms. The molecule has 1 amide bonds. The molecular weight excluding hydrogens is 350 g/mol. The van der Waals surface area contributed by atoms with Crippen molar-refractivity contribution in [1.29, 1.82) is 0 Å². The Labute approximate surface area is 135 Å². The van der Waals surface area contributed by atoms with Crippen molar-refractivity contribution < 1.29 is 9.72 Å². The molecule has 22 heavy (non-hydrogen) atoms. The van der Waals surface area contributed by atoms with Gasteiger partial charge in [0.25, 0.3) is 11.6 Å². The second kappa shape index (κ2) is 6.95. The Morgan fingerprint density at radius 1 is 1.09 bits per heavy atom. The number of nitro benzene ring substituents is 1. The van der Waals surface area contributed by atoms with E-state index in [1.54, 1.807) is 43.3 Å². The molecule has 0 aliphatic rings. The number of nitrogens with zero attached hydrogens (tertiary/aromatic N) is 2. The highest BCUT2D eigenvalue weighted by Crippen LogP contribution is 2.13. The SMILES string of the molecule is C/C(=N/NC(=O)c1ccc(Br)cc1)c1ccc([N+](=O)[O-])cc1. The molecule has 1 N–H and O–H groups in total. The van der Waals surface area contributed by atoms with Crippen molar-refractivity contribution >= 4 is 33.2 Å². The lowest BCUT2D eigenvalue weighted by atomic mass is 10.1. The molecule has 0 heterocycles. The van der Waals surface area contributed by atoms with Gasteiger partial charge in [-0.05, 0) is 48.9 Å². The minimum atomic E-state index is -0.467. The maximum Gasteiger partial charge on any atom is 0.271 e. The second-order valence-corrected chi connectivity index (χ2v) is 5.36. The molecular formula is C15H12BrN3O3. The first-order valence-electron chi connectivity index (χ1n) is 6.32. The molecule has 112 valence electrons. The molecule has 0 unspecified atom stereocenters. The van der Waals surface area contributed by atoms with Crippen LogP contribution in [0.3, 0.4) is 0 Å². The number of halogens is 1. The van der Waals surface area contributed by atoms with Gasteiger partial charge in [-0.3, -0.25) is 14.9 Å². The molecule has 2 rings (SSSR count). The molecule has 0 aliphatic carbocycles. The first-order valence-corrected chi connectivity index (χ1v) is 7.11. The Hall–Kier alpha value is -2.54. The molecule has 0 radical (unpaired) electrons. The van der Waals surface area contributed by atoms with E-state index in [9.17, 15) is 14.9 Å². The highest BCUT2D eigenvalue weighted by atomic mass is 79.9. The van der Waals surface area contributed by atoms with Gasteiger partial charge in [0, 0.05) is 22.2 Å². The summed E-state index contributed by atoms with van der Waals surface area (Å²) in [6, 6.07) is 12.8. The van der Waals surface area contributed by atoms with Crippen LogP contribution in [0.5, 0.6) is 0 Å². The van der Waals surface area contributed by atoms with Gasteiger partial charge in [-0.15, -0.1) is 0 Å². The molecule has 6 nitrogen and oxygen atoms in total. The van der Waals surface area contributed by atoms with E-state index in [1.165, 1.54) is 12.1 Å². The van der Waals surface area contributed by atoms with E-state index in [0.717, 1.165) is 4.47 Å². The van der Waals surface area contributed by atoms with E-state index in [2.05, 4.69) is 26.5 Å². The maximum atomic E-state index is 11.9. The first-order chi connectivity index (χ1) is 10.5. The van der Waals surface area contributed by atoms with Crippen molar-refractivity contribution in [2.45, 2.75) is 6.92 Å². The fraction of sp³-hybridized carbons (Fsp3) is 0.0667. The lowest BCUT2D eigenvalue weighted by Crippen LogP contribution is -2.19. The summed E-state index contributed by atoms with van der Waals surface area (Å²) in [6.45, 7) is 1.71. The third kappa shape index (κ3) is 3.98. The van der Waals surface area contributed by atoms with Crippen LogP contribution >= 0.6 is 15.9 Å². The molecule has 0 aromatic heterocycles. The monoisotopic (exact) mass is 361 g/mol. The largest absolute Gasteiger partial charge is 0.271 e. The molecule has 0 bridgehead atoms. The Balaban J connectivity index is 2.07. The standard InChI is InChI=1S/C15H12BrN3O3/c1-10(11-4-8-14(9-5-11)19(21)22)17-18-15(20)12-2-6-13(16)7-3-12/h2-9H,1H3,(H,18,20)/b17-10-. The van der Waals surface area contributed by atoms with Crippen LogP contribution < -0.4 is 5.43 Å². The van der Waals surface area contributed by atoms with Gasteiger partial charge in [0.2, 0.25) is 0 Å². The first kappa shape index (κ1) is 15.8. The minimum Gasteiger partial charge on any atom is -0.267 e. The van der Waals surface area contributed by atoms with Crippen molar-refractivity contribution in [3.05, 3.63) is 74.2 Å². The van der Waals surface area contributed by atoms with E-state index in [4.69, 9.17) is 0 Å². The number of benzene rings is 2.